The van der Waals surface area contributed by atoms with Gasteiger partial charge in [-0.2, -0.15) is 10.2 Å². The molecule has 4 rings (SSSR count). The average Bonchev–Trinajstić information content (AvgIpc) is 3.29. The molecule has 1 aliphatic carbocycles. The number of pyridine rings is 1. The highest BCUT2D eigenvalue weighted by molar-refractivity contribution is 6.05. The van der Waals surface area contributed by atoms with Crippen LogP contribution in [0.2, 0.25) is 0 Å². The van der Waals surface area contributed by atoms with E-state index >= 15 is 0 Å². The van der Waals surface area contributed by atoms with Gasteiger partial charge in [-0.3, -0.25) is 9.48 Å². The Morgan fingerprint density at radius 3 is 2.88 bits per heavy atom. The van der Waals surface area contributed by atoms with Gasteiger partial charge in [0.15, 0.2) is 5.65 Å². The Kier molecular flexibility index (Phi) is 4.44. The minimum atomic E-state index is -0.0702. The molecule has 7 nitrogen and oxygen atoms in total. The topological polar surface area (TPSA) is 77.6 Å². The minimum absolute atomic E-state index is 0.0702. The molecular weight excluding hydrogens is 328 g/mol. The predicted octanol–water partition coefficient (Wildman–Crippen LogP) is 2.65. The molecule has 0 bridgehead atoms. The molecule has 3 heterocycles. The van der Waals surface area contributed by atoms with E-state index in [2.05, 4.69) is 22.4 Å². The summed E-state index contributed by atoms with van der Waals surface area (Å²) in [5.41, 5.74) is 3.49. The summed E-state index contributed by atoms with van der Waals surface area (Å²) in [6.07, 6.45) is 6.98. The molecule has 1 amide bonds. The smallest absolute Gasteiger partial charge is 0.252 e. The van der Waals surface area contributed by atoms with E-state index in [9.17, 15) is 4.79 Å². The van der Waals surface area contributed by atoms with Crippen LogP contribution in [0.4, 0.5) is 0 Å². The molecule has 0 aromatic carbocycles. The molecule has 0 atom stereocenters. The van der Waals surface area contributed by atoms with Crippen LogP contribution < -0.4 is 5.32 Å². The number of amides is 1. The maximum Gasteiger partial charge on any atom is 0.252 e. The second-order valence-electron chi connectivity index (χ2n) is 6.95. The van der Waals surface area contributed by atoms with Crippen molar-refractivity contribution >= 4 is 16.9 Å². The summed E-state index contributed by atoms with van der Waals surface area (Å²) in [7, 11) is 0. The van der Waals surface area contributed by atoms with Gasteiger partial charge in [0.1, 0.15) is 0 Å². The molecule has 0 spiro atoms. The maximum absolute atomic E-state index is 12.8. The maximum atomic E-state index is 12.8. The lowest BCUT2D eigenvalue weighted by Crippen LogP contribution is -2.27. The van der Waals surface area contributed by atoms with Gasteiger partial charge in [-0.1, -0.05) is 6.92 Å². The number of rotatable bonds is 7. The molecule has 0 saturated heterocycles. The number of hydrogen-bond donors (Lipinski definition) is 1. The van der Waals surface area contributed by atoms with Gasteiger partial charge in [0.2, 0.25) is 0 Å². The predicted molar refractivity (Wildman–Crippen MR) is 99.1 cm³/mol. The largest absolute Gasteiger partial charge is 0.350 e. The Balaban J connectivity index is 1.56. The normalized spacial score (nSPS) is 14.1. The first-order valence-corrected chi connectivity index (χ1v) is 9.30. The number of carbonyl (C=O) groups excluding carboxylic acids is 1. The monoisotopic (exact) mass is 352 g/mol. The van der Waals surface area contributed by atoms with E-state index < -0.39 is 0 Å². The van der Waals surface area contributed by atoms with E-state index in [1.807, 2.05) is 34.6 Å². The van der Waals surface area contributed by atoms with E-state index in [1.165, 1.54) is 0 Å². The van der Waals surface area contributed by atoms with Crippen LogP contribution in [0, 0.1) is 6.92 Å². The van der Waals surface area contributed by atoms with Gasteiger partial charge in [0.25, 0.3) is 5.91 Å². The van der Waals surface area contributed by atoms with Crippen LogP contribution in [0.1, 0.15) is 53.8 Å². The van der Waals surface area contributed by atoms with Crippen LogP contribution in [-0.2, 0) is 13.1 Å². The first-order chi connectivity index (χ1) is 12.7. The SMILES string of the molecule is CCCn1ncc2c(C(=O)NCCn3ccc(C)n3)cc(C3CC3)nc21. The van der Waals surface area contributed by atoms with Crippen LogP contribution in [0.3, 0.4) is 0 Å². The van der Waals surface area contributed by atoms with Crippen molar-refractivity contribution in [3.8, 4) is 0 Å². The summed E-state index contributed by atoms with van der Waals surface area (Å²) < 4.78 is 3.75. The van der Waals surface area contributed by atoms with Crippen LogP contribution >= 0.6 is 0 Å². The van der Waals surface area contributed by atoms with E-state index in [1.54, 1.807) is 6.20 Å². The molecule has 1 aliphatic rings. The second-order valence-corrected chi connectivity index (χ2v) is 6.95. The van der Waals surface area contributed by atoms with Crippen LogP contribution in [0.5, 0.6) is 0 Å². The molecule has 0 radical (unpaired) electrons. The average molecular weight is 352 g/mol. The third-order valence-electron chi connectivity index (χ3n) is 4.71. The van der Waals surface area contributed by atoms with Crippen molar-refractivity contribution in [1.82, 2.24) is 29.9 Å². The van der Waals surface area contributed by atoms with Gasteiger partial charge in [-0.15, -0.1) is 0 Å². The van der Waals surface area contributed by atoms with Crippen molar-refractivity contribution < 1.29 is 4.79 Å². The van der Waals surface area contributed by atoms with Gasteiger partial charge in [0, 0.05) is 30.9 Å². The van der Waals surface area contributed by atoms with Crippen molar-refractivity contribution in [3.05, 3.63) is 41.5 Å². The number of nitrogens with zero attached hydrogens (tertiary/aromatic N) is 5. The molecule has 1 saturated carbocycles. The molecular formula is C19H24N6O. The van der Waals surface area contributed by atoms with E-state index in [4.69, 9.17) is 4.98 Å². The van der Waals surface area contributed by atoms with Crippen molar-refractivity contribution in [3.63, 3.8) is 0 Å². The summed E-state index contributed by atoms with van der Waals surface area (Å²) in [4.78, 5) is 17.6. The molecule has 1 fully saturated rings. The van der Waals surface area contributed by atoms with Crippen LogP contribution in [0.25, 0.3) is 11.0 Å². The highest BCUT2D eigenvalue weighted by Gasteiger charge is 2.27. The molecule has 0 aliphatic heterocycles. The summed E-state index contributed by atoms with van der Waals surface area (Å²) >= 11 is 0. The van der Waals surface area contributed by atoms with Gasteiger partial charge < -0.3 is 5.32 Å². The number of nitrogens with one attached hydrogen (secondary N) is 1. The molecule has 0 unspecified atom stereocenters. The second kappa shape index (κ2) is 6.90. The molecule has 136 valence electrons. The van der Waals surface area contributed by atoms with Gasteiger partial charge in [-0.25, -0.2) is 9.67 Å². The lowest BCUT2D eigenvalue weighted by Gasteiger charge is -2.09. The Labute approximate surface area is 152 Å². The minimum Gasteiger partial charge on any atom is -0.350 e. The lowest BCUT2D eigenvalue weighted by atomic mass is 10.1. The summed E-state index contributed by atoms with van der Waals surface area (Å²) in [6.45, 7) is 6.06. The summed E-state index contributed by atoms with van der Waals surface area (Å²) in [6, 6.07) is 3.91. The van der Waals surface area contributed by atoms with Crippen LogP contribution in [-0.4, -0.2) is 37.0 Å². The molecule has 3 aromatic heterocycles. The van der Waals surface area contributed by atoms with Gasteiger partial charge >= 0.3 is 0 Å². The Morgan fingerprint density at radius 2 is 2.19 bits per heavy atom. The Morgan fingerprint density at radius 1 is 1.35 bits per heavy atom. The van der Waals surface area contributed by atoms with Crippen LogP contribution in [0.15, 0.2) is 24.5 Å². The number of aromatic nitrogens is 5. The first-order valence-electron chi connectivity index (χ1n) is 9.30. The van der Waals surface area contributed by atoms with Gasteiger partial charge in [0.05, 0.1) is 29.4 Å². The number of hydrogen-bond acceptors (Lipinski definition) is 4. The zero-order valence-corrected chi connectivity index (χ0v) is 15.3. The van der Waals surface area contributed by atoms with Gasteiger partial charge in [-0.05, 0) is 38.3 Å². The van der Waals surface area contributed by atoms with E-state index in [0.717, 1.165) is 48.2 Å². The number of aryl methyl sites for hydroxylation is 2. The zero-order chi connectivity index (χ0) is 18.1. The van der Waals surface area contributed by atoms with Crippen molar-refractivity contribution in [2.75, 3.05) is 6.54 Å². The highest BCUT2D eigenvalue weighted by atomic mass is 16.1. The standard InChI is InChI=1S/C19H24N6O/c1-3-8-25-18-16(12-21-25)15(11-17(22-18)14-4-5-14)19(26)20-7-10-24-9-6-13(2)23-24/h6,9,11-12,14H,3-5,7-8,10H2,1-2H3,(H,20,26). The molecule has 7 heteroatoms. The van der Waals surface area contributed by atoms with Crippen molar-refractivity contribution in [2.45, 2.75) is 52.1 Å². The van der Waals surface area contributed by atoms with E-state index in [0.29, 0.717) is 24.6 Å². The fraction of sp³-hybridized carbons (Fsp3) is 0.474. The Hall–Kier alpha value is -2.70. The third kappa shape index (κ3) is 3.34. The first kappa shape index (κ1) is 16.8. The molecule has 26 heavy (non-hydrogen) atoms. The zero-order valence-electron chi connectivity index (χ0n) is 15.3. The number of carbonyl (C=O) groups is 1. The fourth-order valence-corrected chi connectivity index (χ4v) is 3.19. The highest BCUT2D eigenvalue weighted by Crippen LogP contribution is 2.40. The molecule has 1 N–H and O–H groups in total. The fourth-order valence-electron chi connectivity index (χ4n) is 3.19. The summed E-state index contributed by atoms with van der Waals surface area (Å²) in [5.74, 6) is 0.419. The lowest BCUT2D eigenvalue weighted by molar-refractivity contribution is 0.0953. The number of fused-ring (bicyclic) bond motifs is 1. The quantitative estimate of drug-likeness (QED) is 0.709. The summed E-state index contributed by atoms with van der Waals surface area (Å²) in [5, 5.41) is 12.6. The van der Waals surface area contributed by atoms with Crippen molar-refractivity contribution in [1.29, 1.82) is 0 Å². The van der Waals surface area contributed by atoms with Crippen molar-refractivity contribution in [2.24, 2.45) is 0 Å². The molecule has 3 aromatic rings. The Bertz CT molecular complexity index is 937. The third-order valence-corrected chi connectivity index (χ3v) is 4.71. The van der Waals surface area contributed by atoms with E-state index in [-0.39, 0.29) is 5.91 Å².